The Labute approximate surface area is 213 Å². The monoisotopic (exact) mass is 509 g/mol. The summed E-state index contributed by atoms with van der Waals surface area (Å²) in [6.07, 6.45) is 8.76. The van der Waals surface area contributed by atoms with Crippen LogP contribution in [0.25, 0.3) is 22.4 Å². The lowest BCUT2D eigenvalue weighted by atomic mass is 9.90. The van der Waals surface area contributed by atoms with Gasteiger partial charge in [0.05, 0.1) is 35.3 Å². The van der Waals surface area contributed by atoms with E-state index in [-0.39, 0.29) is 30.0 Å². The highest BCUT2D eigenvalue weighted by molar-refractivity contribution is 7.17. The van der Waals surface area contributed by atoms with Crippen molar-refractivity contribution in [3.63, 3.8) is 0 Å². The van der Waals surface area contributed by atoms with Gasteiger partial charge in [-0.2, -0.15) is 0 Å². The van der Waals surface area contributed by atoms with Crippen molar-refractivity contribution in [3.8, 4) is 11.4 Å². The number of nitrogens with two attached hydrogens (primary N) is 1. The van der Waals surface area contributed by atoms with Gasteiger partial charge in [-0.25, -0.2) is 9.97 Å². The molecule has 0 saturated heterocycles. The zero-order valence-corrected chi connectivity index (χ0v) is 21.3. The van der Waals surface area contributed by atoms with Gasteiger partial charge < -0.3 is 15.6 Å². The number of hydrogen-bond acceptors (Lipinski definition) is 7. The second-order valence-electron chi connectivity index (χ2n) is 9.34. The van der Waals surface area contributed by atoms with Crippen molar-refractivity contribution in [1.29, 1.82) is 0 Å². The fourth-order valence-electron chi connectivity index (χ4n) is 4.72. The molecule has 35 heavy (non-hydrogen) atoms. The molecule has 4 heterocycles. The first-order valence-corrected chi connectivity index (χ1v) is 13.1. The quantitative estimate of drug-likeness (QED) is 0.370. The Hall–Kier alpha value is -2.88. The Bertz CT molecular complexity index is 1340. The van der Waals surface area contributed by atoms with Gasteiger partial charge in [0.1, 0.15) is 15.7 Å². The number of fused-ring (bicyclic) bond motifs is 1. The SMILES string of the molecule is CC(C)[C@H](N)c1nc2cnc(-c3ccccn3)cc2n1[C@@H]1CCCC(NC(=O)c2ncc(Cl)s2)C1. The Morgan fingerprint density at radius 3 is 2.77 bits per heavy atom. The number of rotatable bonds is 6. The number of pyridine rings is 2. The maximum atomic E-state index is 12.7. The molecular formula is C25H28ClN7OS. The van der Waals surface area contributed by atoms with E-state index in [1.807, 2.05) is 18.2 Å². The summed E-state index contributed by atoms with van der Waals surface area (Å²) in [4.78, 5) is 30.8. The molecule has 0 aromatic carbocycles. The summed E-state index contributed by atoms with van der Waals surface area (Å²) in [5, 5.41) is 3.55. The molecule has 1 unspecified atom stereocenters. The Morgan fingerprint density at radius 2 is 2.06 bits per heavy atom. The lowest BCUT2D eigenvalue weighted by Crippen LogP contribution is -2.39. The van der Waals surface area contributed by atoms with Gasteiger partial charge in [-0.1, -0.05) is 42.9 Å². The maximum absolute atomic E-state index is 12.7. The van der Waals surface area contributed by atoms with Gasteiger partial charge in [-0.05, 0) is 49.8 Å². The van der Waals surface area contributed by atoms with Crippen LogP contribution in [-0.4, -0.2) is 36.5 Å². The van der Waals surface area contributed by atoms with E-state index in [1.165, 1.54) is 17.5 Å². The van der Waals surface area contributed by atoms with Gasteiger partial charge in [-0.15, -0.1) is 0 Å². The summed E-state index contributed by atoms with van der Waals surface area (Å²) in [6.45, 7) is 4.21. The van der Waals surface area contributed by atoms with Crippen LogP contribution in [0.5, 0.6) is 0 Å². The third-order valence-electron chi connectivity index (χ3n) is 6.57. The number of halogens is 1. The minimum Gasteiger partial charge on any atom is -0.347 e. The number of carbonyl (C=O) groups excluding carboxylic acids is 1. The predicted octanol–water partition coefficient (Wildman–Crippen LogP) is 5.17. The van der Waals surface area contributed by atoms with Crippen LogP contribution in [0.15, 0.2) is 42.9 Å². The number of nitrogens with zero attached hydrogens (tertiary/aromatic N) is 5. The summed E-state index contributed by atoms with van der Waals surface area (Å²) in [6, 6.07) is 7.82. The molecule has 0 bridgehead atoms. The number of hydrogen-bond donors (Lipinski definition) is 2. The van der Waals surface area contributed by atoms with Crippen molar-refractivity contribution in [2.45, 2.75) is 57.7 Å². The van der Waals surface area contributed by atoms with E-state index in [9.17, 15) is 4.79 Å². The third-order valence-corrected chi connectivity index (χ3v) is 7.68. The second kappa shape index (κ2) is 10.0. The fourth-order valence-corrected chi connectivity index (χ4v) is 5.54. The summed E-state index contributed by atoms with van der Waals surface area (Å²) < 4.78 is 2.79. The number of nitrogens with one attached hydrogen (secondary N) is 1. The van der Waals surface area contributed by atoms with Crippen LogP contribution in [0.3, 0.4) is 0 Å². The van der Waals surface area contributed by atoms with E-state index < -0.39 is 0 Å². The normalized spacial score (nSPS) is 19.2. The van der Waals surface area contributed by atoms with Crippen molar-refractivity contribution in [1.82, 2.24) is 29.8 Å². The molecule has 4 aromatic heterocycles. The Balaban J connectivity index is 1.50. The van der Waals surface area contributed by atoms with Gasteiger partial charge in [-0.3, -0.25) is 14.8 Å². The molecule has 182 valence electrons. The van der Waals surface area contributed by atoms with Crippen LogP contribution < -0.4 is 11.1 Å². The highest BCUT2D eigenvalue weighted by Gasteiger charge is 2.30. The molecule has 8 nitrogen and oxygen atoms in total. The van der Waals surface area contributed by atoms with Crippen molar-refractivity contribution in [2.75, 3.05) is 0 Å². The number of thiazole rings is 1. The van der Waals surface area contributed by atoms with Crippen LogP contribution in [0.1, 0.15) is 67.2 Å². The van der Waals surface area contributed by atoms with Crippen molar-refractivity contribution in [2.24, 2.45) is 11.7 Å². The molecule has 4 aromatic rings. The Morgan fingerprint density at radius 1 is 1.20 bits per heavy atom. The van der Waals surface area contributed by atoms with E-state index in [2.05, 4.69) is 44.7 Å². The summed E-state index contributed by atoms with van der Waals surface area (Å²) >= 11 is 7.16. The lowest BCUT2D eigenvalue weighted by Gasteiger charge is -2.33. The van der Waals surface area contributed by atoms with Crippen LogP contribution >= 0.6 is 22.9 Å². The molecule has 10 heteroatoms. The molecule has 0 spiro atoms. The van der Waals surface area contributed by atoms with Crippen LogP contribution in [0, 0.1) is 5.92 Å². The van der Waals surface area contributed by atoms with Crippen molar-refractivity contribution in [3.05, 3.63) is 58.0 Å². The van der Waals surface area contributed by atoms with Crippen LogP contribution in [0.4, 0.5) is 0 Å². The zero-order chi connectivity index (χ0) is 24.5. The minimum atomic E-state index is -0.215. The summed E-state index contributed by atoms with van der Waals surface area (Å²) in [5.41, 5.74) is 10.1. The fraction of sp³-hybridized carbons (Fsp3) is 0.400. The van der Waals surface area contributed by atoms with E-state index in [0.717, 1.165) is 53.9 Å². The standard InChI is InChI=1S/C25H28ClN7OS/c1-14(2)22(27)23-32-19-12-29-18(17-8-3-4-9-28-17)11-20(19)33(23)16-7-5-6-15(10-16)31-24(34)25-30-13-21(26)35-25/h3-4,8-9,11-16,22H,5-7,10,27H2,1-2H3,(H,31,34)/t15?,16-,22+/m1/s1. The van der Waals surface area contributed by atoms with Crippen LogP contribution in [-0.2, 0) is 0 Å². The van der Waals surface area contributed by atoms with E-state index in [0.29, 0.717) is 9.34 Å². The molecule has 3 N–H and O–H groups in total. The van der Waals surface area contributed by atoms with Crippen LogP contribution in [0.2, 0.25) is 4.34 Å². The molecule has 1 aliphatic rings. The second-order valence-corrected chi connectivity index (χ2v) is 11.0. The summed E-state index contributed by atoms with van der Waals surface area (Å²) in [7, 11) is 0. The van der Waals surface area contributed by atoms with Gasteiger partial charge in [0, 0.05) is 18.3 Å². The molecule has 0 radical (unpaired) electrons. The molecule has 1 amide bonds. The predicted molar refractivity (Wildman–Crippen MR) is 138 cm³/mol. The first-order valence-electron chi connectivity index (χ1n) is 11.9. The van der Waals surface area contributed by atoms with Gasteiger partial charge in [0.25, 0.3) is 5.91 Å². The number of imidazole rings is 1. The third kappa shape index (κ3) is 4.94. The molecule has 1 aliphatic carbocycles. The average Bonchev–Trinajstić information content (AvgIpc) is 3.47. The van der Waals surface area contributed by atoms with Gasteiger partial charge in [0.2, 0.25) is 0 Å². The van der Waals surface area contributed by atoms with Gasteiger partial charge in [0.15, 0.2) is 5.01 Å². The summed E-state index contributed by atoms with van der Waals surface area (Å²) in [5.74, 6) is 0.907. The highest BCUT2D eigenvalue weighted by Crippen LogP contribution is 2.36. The van der Waals surface area contributed by atoms with Crippen molar-refractivity contribution >= 4 is 39.9 Å². The average molecular weight is 510 g/mol. The maximum Gasteiger partial charge on any atom is 0.280 e. The first-order chi connectivity index (χ1) is 16.9. The molecular weight excluding hydrogens is 482 g/mol. The topological polar surface area (TPSA) is 112 Å². The molecule has 5 rings (SSSR count). The van der Waals surface area contributed by atoms with E-state index >= 15 is 0 Å². The van der Waals surface area contributed by atoms with Gasteiger partial charge >= 0.3 is 0 Å². The van der Waals surface area contributed by atoms with E-state index in [4.69, 9.17) is 22.3 Å². The Kier molecular flexibility index (Phi) is 6.82. The highest BCUT2D eigenvalue weighted by atomic mass is 35.5. The molecule has 0 aliphatic heterocycles. The first kappa shape index (κ1) is 23.8. The zero-order valence-electron chi connectivity index (χ0n) is 19.7. The number of carbonyl (C=O) groups is 1. The molecule has 1 fully saturated rings. The smallest absolute Gasteiger partial charge is 0.280 e. The molecule has 3 atom stereocenters. The number of aromatic nitrogens is 5. The lowest BCUT2D eigenvalue weighted by molar-refractivity contribution is 0.0920. The number of amides is 1. The molecule has 1 saturated carbocycles. The van der Waals surface area contributed by atoms with Crippen molar-refractivity contribution < 1.29 is 4.79 Å². The van der Waals surface area contributed by atoms with E-state index in [1.54, 1.807) is 12.4 Å². The largest absolute Gasteiger partial charge is 0.347 e. The minimum absolute atomic E-state index is 0.0293.